The van der Waals surface area contributed by atoms with Gasteiger partial charge in [0.15, 0.2) is 4.84 Å². The van der Waals surface area contributed by atoms with E-state index in [1.165, 1.54) is 4.90 Å². The van der Waals surface area contributed by atoms with E-state index in [1.54, 1.807) is 36.7 Å². The number of carbonyl (C=O) groups is 1. The first-order valence-electron chi connectivity index (χ1n) is 8.45. The molecular formula is C20H19Cl2N3O2. The predicted octanol–water partition coefficient (Wildman–Crippen LogP) is 4.02. The number of aryl methyl sites for hydroxylation is 1. The van der Waals surface area contributed by atoms with Crippen LogP contribution in [0.5, 0.6) is 0 Å². The van der Waals surface area contributed by atoms with Crippen molar-refractivity contribution in [3.8, 4) is 5.69 Å². The van der Waals surface area contributed by atoms with Crippen LogP contribution in [0.2, 0.25) is 0 Å². The Bertz CT molecular complexity index is 1060. The molecule has 140 valence electrons. The van der Waals surface area contributed by atoms with Gasteiger partial charge in [-0.3, -0.25) is 14.2 Å². The molecule has 1 atom stereocenters. The van der Waals surface area contributed by atoms with Gasteiger partial charge in [-0.25, -0.2) is 4.98 Å². The van der Waals surface area contributed by atoms with Gasteiger partial charge in [0.2, 0.25) is 0 Å². The third-order valence-corrected chi connectivity index (χ3v) is 5.02. The minimum atomic E-state index is -1.18. The van der Waals surface area contributed by atoms with Crippen LogP contribution in [0.15, 0.2) is 53.3 Å². The van der Waals surface area contributed by atoms with Crippen LogP contribution in [0.1, 0.15) is 24.4 Å². The number of aromatic nitrogens is 2. The van der Waals surface area contributed by atoms with E-state index in [0.717, 1.165) is 11.3 Å². The van der Waals surface area contributed by atoms with Gasteiger partial charge in [-0.05, 0) is 37.6 Å². The molecule has 3 rings (SSSR count). The minimum Gasteiger partial charge on any atom is -0.333 e. The number of benzene rings is 2. The number of carbonyl (C=O) groups excluding carboxylic acids is 1. The normalized spacial score (nSPS) is 12.4. The van der Waals surface area contributed by atoms with Gasteiger partial charge < -0.3 is 4.90 Å². The Hall–Kier alpha value is -2.37. The zero-order valence-electron chi connectivity index (χ0n) is 15.2. The SMILES string of the molecule is Cc1ccccc1-n1c([C@H](C)N(C)C(=O)C(Cl)Cl)nc2ccccc2c1=O. The molecule has 27 heavy (non-hydrogen) atoms. The van der Waals surface area contributed by atoms with Crippen molar-refractivity contribution in [3.63, 3.8) is 0 Å². The molecule has 0 aliphatic heterocycles. The van der Waals surface area contributed by atoms with Crippen molar-refractivity contribution in [2.45, 2.75) is 24.7 Å². The molecular weight excluding hydrogens is 385 g/mol. The largest absolute Gasteiger partial charge is 0.333 e. The molecule has 0 unspecified atom stereocenters. The number of halogens is 2. The molecule has 0 aliphatic carbocycles. The fourth-order valence-electron chi connectivity index (χ4n) is 3.00. The number of nitrogens with zero attached hydrogens (tertiary/aromatic N) is 3. The summed E-state index contributed by atoms with van der Waals surface area (Å²) in [6.45, 7) is 3.72. The topological polar surface area (TPSA) is 55.2 Å². The zero-order valence-corrected chi connectivity index (χ0v) is 16.7. The number of rotatable bonds is 4. The molecule has 1 amide bonds. The molecule has 1 aromatic heterocycles. The highest BCUT2D eigenvalue weighted by molar-refractivity contribution is 6.53. The van der Waals surface area contributed by atoms with Crippen LogP contribution in [0, 0.1) is 6.92 Å². The number of para-hydroxylation sites is 2. The van der Waals surface area contributed by atoms with Gasteiger partial charge in [-0.15, -0.1) is 0 Å². The van der Waals surface area contributed by atoms with Crippen molar-refractivity contribution >= 4 is 40.0 Å². The fraction of sp³-hybridized carbons (Fsp3) is 0.250. The second-order valence-electron chi connectivity index (χ2n) is 6.34. The van der Waals surface area contributed by atoms with E-state index in [0.29, 0.717) is 16.7 Å². The van der Waals surface area contributed by atoms with Crippen molar-refractivity contribution in [2.24, 2.45) is 0 Å². The summed E-state index contributed by atoms with van der Waals surface area (Å²) in [6.07, 6.45) is 0. The summed E-state index contributed by atoms with van der Waals surface area (Å²) in [6, 6.07) is 14.2. The summed E-state index contributed by atoms with van der Waals surface area (Å²) >= 11 is 11.5. The minimum absolute atomic E-state index is 0.189. The van der Waals surface area contributed by atoms with Crippen LogP contribution in [-0.4, -0.2) is 32.2 Å². The van der Waals surface area contributed by atoms with Gasteiger partial charge in [0.05, 0.1) is 22.6 Å². The van der Waals surface area contributed by atoms with Crippen molar-refractivity contribution in [3.05, 3.63) is 70.3 Å². The number of hydrogen-bond donors (Lipinski definition) is 0. The molecule has 7 heteroatoms. The second kappa shape index (κ2) is 7.71. The summed E-state index contributed by atoms with van der Waals surface area (Å²) in [5, 5.41) is 0.512. The summed E-state index contributed by atoms with van der Waals surface area (Å²) in [5.74, 6) is -0.0117. The Balaban J connectivity index is 2.31. The van der Waals surface area contributed by atoms with Crippen molar-refractivity contribution in [1.29, 1.82) is 0 Å². The maximum Gasteiger partial charge on any atom is 0.266 e. The van der Waals surface area contributed by atoms with Crippen molar-refractivity contribution in [1.82, 2.24) is 14.5 Å². The maximum atomic E-state index is 13.3. The Labute approximate surface area is 167 Å². The van der Waals surface area contributed by atoms with Crippen LogP contribution in [-0.2, 0) is 4.79 Å². The summed E-state index contributed by atoms with van der Waals surface area (Å²) < 4.78 is 1.56. The molecule has 3 aromatic rings. The first kappa shape index (κ1) is 19.4. The summed E-state index contributed by atoms with van der Waals surface area (Å²) in [5.41, 5.74) is 2.03. The van der Waals surface area contributed by atoms with E-state index in [1.807, 2.05) is 37.3 Å². The highest BCUT2D eigenvalue weighted by atomic mass is 35.5. The first-order valence-corrected chi connectivity index (χ1v) is 9.32. The maximum absolute atomic E-state index is 13.3. The summed E-state index contributed by atoms with van der Waals surface area (Å²) in [7, 11) is 1.59. The molecule has 5 nitrogen and oxygen atoms in total. The number of fused-ring (bicyclic) bond motifs is 1. The Morgan fingerprint density at radius 3 is 2.41 bits per heavy atom. The number of alkyl halides is 2. The molecule has 0 N–H and O–H groups in total. The van der Waals surface area contributed by atoms with Gasteiger partial charge in [0.25, 0.3) is 11.5 Å². The van der Waals surface area contributed by atoms with E-state index < -0.39 is 16.8 Å². The third kappa shape index (κ3) is 3.57. The lowest BCUT2D eigenvalue weighted by molar-refractivity contribution is -0.130. The number of hydrogen-bond acceptors (Lipinski definition) is 3. The van der Waals surface area contributed by atoms with E-state index in [9.17, 15) is 9.59 Å². The lowest BCUT2D eigenvalue weighted by atomic mass is 10.1. The third-order valence-electron chi connectivity index (χ3n) is 4.65. The Morgan fingerprint density at radius 2 is 1.74 bits per heavy atom. The average Bonchev–Trinajstić information content (AvgIpc) is 2.67. The smallest absolute Gasteiger partial charge is 0.266 e. The molecule has 2 aromatic carbocycles. The van der Waals surface area contributed by atoms with Crippen LogP contribution >= 0.6 is 23.2 Å². The highest BCUT2D eigenvalue weighted by Crippen LogP contribution is 2.24. The lowest BCUT2D eigenvalue weighted by Crippen LogP contribution is -2.37. The lowest BCUT2D eigenvalue weighted by Gasteiger charge is -2.27. The average molecular weight is 404 g/mol. The zero-order chi connectivity index (χ0) is 19.7. The van der Waals surface area contributed by atoms with Crippen molar-refractivity contribution < 1.29 is 4.79 Å². The molecule has 0 aliphatic rings. The molecule has 0 bridgehead atoms. The molecule has 0 saturated heterocycles. The second-order valence-corrected chi connectivity index (χ2v) is 7.44. The van der Waals surface area contributed by atoms with Crippen LogP contribution < -0.4 is 5.56 Å². The number of amides is 1. The molecule has 0 fully saturated rings. The Morgan fingerprint density at radius 1 is 1.11 bits per heavy atom. The highest BCUT2D eigenvalue weighted by Gasteiger charge is 2.27. The Kier molecular flexibility index (Phi) is 5.53. The van der Waals surface area contributed by atoms with E-state index in [-0.39, 0.29) is 5.56 Å². The van der Waals surface area contributed by atoms with E-state index in [4.69, 9.17) is 28.2 Å². The molecule has 0 radical (unpaired) electrons. The van der Waals surface area contributed by atoms with Gasteiger partial charge >= 0.3 is 0 Å². The van der Waals surface area contributed by atoms with Gasteiger partial charge in [0, 0.05) is 7.05 Å². The van der Waals surface area contributed by atoms with E-state index in [2.05, 4.69) is 0 Å². The van der Waals surface area contributed by atoms with Gasteiger partial charge in [-0.1, -0.05) is 53.5 Å². The molecule has 0 saturated carbocycles. The quantitative estimate of drug-likeness (QED) is 0.618. The molecule has 1 heterocycles. The van der Waals surface area contributed by atoms with Crippen LogP contribution in [0.25, 0.3) is 16.6 Å². The fourth-order valence-corrected chi connectivity index (χ4v) is 3.30. The van der Waals surface area contributed by atoms with Crippen LogP contribution in [0.3, 0.4) is 0 Å². The van der Waals surface area contributed by atoms with Gasteiger partial charge in [-0.2, -0.15) is 0 Å². The van der Waals surface area contributed by atoms with Crippen LogP contribution in [0.4, 0.5) is 0 Å². The van der Waals surface area contributed by atoms with Crippen molar-refractivity contribution in [2.75, 3.05) is 7.05 Å². The van der Waals surface area contributed by atoms with Gasteiger partial charge in [0.1, 0.15) is 5.82 Å². The standard InChI is InChI=1S/C20H19Cl2N3O2/c1-12-8-4-7-11-16(12)25-18(13(2)24(3)20(27)17(21)22)23-15-10-6-5-9-14(15)19(25)26/h4-11,13,17H,1-3H3/t13-/m0/s1. The molecule has 0 spiro atoms. The summed E-state index contributed by atoms with van der Waals surface area (Å²) in [4.78, 5) is 30.5. The predicted molar refractivity (Wildman–Crippen MR) is 109 cm³/mol. The van der Waals surface area contributed by atoms with E-state index >= 15 is 0 Å². The monoisotopic (exact) mass is 403 g/mol. The first-order chi connectivity index (χ1) is 12.8.